The van der Waals surface area contributed by atoms with Crippen molar-refractivity contribution in [1.29, 1.82) is 0 Å². The van der Waals surface area contributed by atoms with Crippen LogP contribution in [0.15, 0.2) is 85.1 Å². The van der Waals surface area contributed by atoms with E-state index >= 15 is 0 Å². The van der Waals surface area contributed by atoms with Crippen molar-refractivity contribution < 1.29 is 9.84 Å². The Morgan fingerprint density at radius 2 is 1.44 bits per heavy atom. The van der Waals surface area contributed by atoms with Gasteiger partial charge in [0.15, 0.2) is 5.82 Å². The highest BCUT2D eigenvalue weighted by Crippen LogP contribution is 2.36. The molecule has 0 spiro atoms. The normalized spacial score (nSPS) is 10.6. The quantitative estimate of drug-likeness (QED) is 0.548. The van der Waals surface area contributed by atoms with Gasteiger partial charge >= 0.3 is 0 Å². The van der Waals surface area contributed by atoms with E-state index in [2.05, 4.69) is 4.98 Å². The van der Waals surface area contributed by atoms with E-state index in [4.69, 9.17) is 9.72 Å². The Morgan fingerprint density at radius 1 is 0.741 bits per heavy atom. The largest absolute Gasteiger partial charge is 0.507 e. The lowest BCUT2D eigenvalue weighted by atomic mass is 9.99. The van der Waals surface area contributed by atoms with Crippen molar-refractivity contribution in [2.75, 3.05) is 7.11 Å². The molecule has 0 atom stereocenters. The summed E-state index contributed by atoms with van der Waals surface area (Å²) in [6.45, 7) is 0. The van der Waals surface area contributed by atoms with Crippen molar-refractivity contribution in [3.05, 3.63) is 85.1 Å². The topological polar surface area (TPSA) is 55.2 Å². The Morgan fingerprint density at radius 3 is 2.15 bits per heavy atom. The molecule has 4 rings (SSSR count). The molecule has 4 heteroatoms. The molecule has 1 heterocycles. The lowest BCUT2D eigenvalue weighted by Crippen LogP contribution is -1.96. The van der Waals surface area contributed by atoms with Crippen LogP contribution in [-0.4, -0.2) is 22.2 Å². The fraction of sp³-hybridized carbons (Fsp3) is 0.0435. The summed E-state index contributed by atoms with van der Waals surface area (Å²) in [5.41, 5.74) is 4.08. The highest BCUT2D eigenvalue weighted by atomic mass is 16.5. The second-order valence-electron chi connectivity index (χ2n) is 6.07. The predicted molar refractivity (Wildman–Crippen MR) is 107 cm³/mol. The molecule has 132 valence electrons. The molecule has 1 N–H and O–H groups in total. The van der Waals surface area contributed by atoms with Crippen molar-refractivity contribution in [3.63, 3.8) is 0 Å². The Balaban J connectivity index is 1.91. The summed E-state index contributed by atoms with van der Waals surface area (Å²) < 4.78 is 5.24. The number of nitrogens with zero attached hydrogens (tertiary/aromatic N) is 2. The molecule has 3 aromatic carbocycles. The number of para-hydroxylation sites is 1. The van der Waals surface area contributed by atoms with Crippen LogP contribution in [-0.2, 0) is 0 Å². The second-order valence-corrected chi connectivity index (χ2v) is 6.07. The monoisotopic (exact) mass is 354 g/mol. The molecule has 0 aliphatic carbocycles. The number of ether oxygens (including phenoxy) is 1. The van der Waals surface area contributed by atoms with Crippen LogP contribution in [0.5, 0.6) is 11.5 Å². The lowest BCUT2D eigenvalue weighted by molar-refractivity contribution is 0.415. The number of phenols is 1. The number of aromatic nitrogens is 2. The standard InChI is InChI=1S/C23H18N2O2/c1-27-18-13-11-16(12-14-18)20-15-24-23(17-7-3-2-4-8-17)25-22(20)19-9-5-6-10-21(19)26/h2-15,26H,1H3. The first-order chi connectivity index (χ1) is 13.3. The number of methoxy groups -OCH3 is 1. The number of phenolic OH excluding ortho intramolecular Hbond substituents is 1. The van der Waals surface area contributed by atoms with E-state index in [0.29, 0.717) is 17.1 Å². The van der Waals surface area contributed by atoms with Gasteiger partial charge in [-0.15, -0.1) is 0 Å². The first kappa shape index (κ1) is 16.8. The molecule has 4 nitrogen and oxygen atoms in total. The molecule has 0 fully saturated rings. The van der Waals surface area contributed by atoms with E-state index in [1.165, 1.54) is 0 Å². The molecule has 27 heavy (non-hydrogen) atoms. The van der Waals surface area contributed by atoms with Crippen molar-refractivity contribution in [3.8, 4) is 45.3 Å². The van der Waals surface area contributed by atoms with Crippen LogP contribution in [0.1, 0.15) is 0 Å². The van der Waals surface area contributed by atoms with E-state index in [1.54, 1.807) is 25.4 Å². The van der Waals surface area contributed by atoms with Crippen LogP contribution in [0.2, 0.25) is 0 Å². The SMILES string of the molecule is COc1ccc(-c2cnc(-c3ccccc3)nc2-c2ccccc2O)cc1. The van der Waals surface area contributed by atoms with Gasteiger partial charge in [-0.3, -0.25) is 0 Å². The predicted octanol–water partition coefficient (Wildman–Crippen LogP) is 5.19. The number of rotatable bonds is 4. The van der Waals surface area contributed by atoms with Crippen molar-refractivity contribution >= 4 is 0 Å². The van der Waals surface area contributed by atoms with Gasteiger partial charge in [-0.25, -0.2) is 9.97 Å². The minimum atomic E-state index is 0.185. The third-order valence-electron chi connectivity index (χ3n) is 4.38. The Hall–Kier alpha value is -3.66. The zero-order chi connectivity index (χ0) is 18.6. The van der Waals surface area contributed by atoms with Gasteiger partial charge in [-0.05, 0) is 29.8 Å². The summed E-state index contributed by atoms with van der Waals surface area (Å²) in [6.07, 6.45) is 1.80. The van der Waals surface area contributed by atoms with Crippen LogP contribution in [0.25, 0.3) is 33.8 Å². The minimum absolute atomic E-state index is 0.185. The fourth-order valence-corrected chi connectivity index (χ4v) is 2.97. The summed E-state index contributed by atoms with van der Waals surface area (Å²) in [7, 11) is 1.64. The zero-order valence-corrected chi connectivity index (χ0v) is 14.8. The van der Waals surface area contributed by atoms with Gasteiger partial charge < -0.3 is 9.84 Å². The van der Waals surface area contributed by atoms with E-state index in [1.807, 2.05) is 66.7 Å². The van der Waals surface area contributed by atoms with Gasteiger partial charge in [0.1, 0.15) is 11.5 Å². The van der Waals surface area contributed by atoms with E-state index in [0.717, 1.165) is 22.4 Å². The number of aromatic hydroxyl groups is 1. The van der Waals surface area contributed by atoms with Gasteiger partial charge in [0, 0.05) is 22.9 Å². The maximum Gasteiger partial charge on any atom is 0.159 e. The molecule has 0 aliphatic heterocycles. The highest BCUT2D eigenvalue weighted by Gasteiger charge is 2.15. The number of benzene rings is 3. The summed E-state index contributed by atoms with van der Waals surface area (Å²) in [4.78, 5) is 9.35. The first-order valence-electron chi connectivity index (χ1n) is 8.61. The van der Waals surface area contributed by atoms with Crippen LogP contribution >= 0.6 is 0 Å². The van der Waals surface area contributed by atoms with Crippen LogP contribution < -0.4 is 4.74 Å². The summed E-state index contributed by atoms with van der Waals surface area (Å²) in [5.74, 6) is 1.58. The Labute approximate surface area is 157 Å². The summed E-state index contributed by atoms with van der Waals surface area (Å²) in [5, 5.41) is 10.4. The molecule has 0 saturated carbocycles. The molecule has 0 radical (unpaired) electrons. The molecular formula is C23H18N2O2. The summed E-state index contributed by atoms with van der Waals surface area (Å²) in [6, 6.07) is 24.7. The average Bonchev–Trinajstić information content (AvgIpc) is 2.74. The highest BCUT2D eigenvalue weighted by molar-refractivity contribution is 5.84. The van der Waals surface area contributed by atoms with Crippen molar-refractivity contribution in [1.82, 2.24) is 9.97 Å². The van der Waals surface area contributed by atoms with Gasteiger partial charge in [-0.2, -0.15) is 0 Å². The maximum atomic E-state index is 10.4. The van der Waals surface area contributed by atoms with Gasteiger partial charge in [0.2, 0.25) is 0 Å². The molecule has 1 aromatic heterocycles. The van der Waals surface area contributed by atoms with E-state index in [-0.39, 0.29) is 5.75 Å². The average molecular weight is 354 g/mol. The second kappa shape index (κ2) is 7.30. The summed E-state index contributed by atoms with van der Waals surface area (Å²) >= 11 is 0. The molecule has 0 unspecified atom stereocenters. The molecule has 0 bridgehead atoms. The third-order valence-corrected chi connectivity index (χ3v) is 4.38. The lowest BCUT2D eigenvalue weighted by Gasteiger charge is -2.12. The zero-order valence-electron chi connectivity index (χ0n) is 14.8. The number of hydrogen-bond acceptors (Lipinski definition) is 4. The van der Waals surface area contributed by atoms with Gasteiger partial charge in [-0.1, -0.05) is 54.6 Å². The van der Waals surface area contributed by atoms with E-state index < -0.39 is 0 Å². The van der Waals surface area contributed by atoms with Gasteiger partial charge in [0.05, 0.1) is 12.8 Å². The van der Waals surface area contributed by atoms with Crippen molar-refractivity contribution in [2.45, 2.75) is 0 Å². The minimum Gasteiger partial charge on any atom is -0.507 e. The van der Waals surface area contributed by atoms with Gasteiger partial charge in [0.25, 0.3) is 0 Å². The maximum absolute atomic E-state index is 10.4. The molecule has 0 amide bonds. The van der Waals surface area contributed by atoms with Crippen LogP contribution in [0, 0.1) is 0 Å². The van der Waals surface area contributed by atoms with Crippen LogP contribution in [0.4, 0.5) is 0 Å². The van der Waals surface area contributed by atoms with E-state index in [9.17, 15) is 5.11 Å². The molecule has 0 saturated heterocycles. The number of hydrogen-bond donors (Lipinski definition) is 1. The Bertz CT molecular complexity index is 1060. The molecule has 4 aromatic rings. The smallest absolute Gasteiger partial charge is 0.159 e. The Kier molecular flexibility index (Phi) is 4.54. The fourth-order valence-electron chi connectivity index (χ4n) is 2.97. The molecular weight excluding hydrogens is 336 g/mol. The van der Waals surface area contributed by atoms with Crippen LogP contribution in [0.3, 0.4) is 0 Å². The third kappa shape index (κ3) is 3.37. The first-order valence-corrected chi connectivity index (χ1v) is 8.61. The van der Waals surface area contributed by atoms with Crippen molar-refractivity contribution in [2.24, 2.45) is 0 Å². The molecule has 0 aliphatic rings.